The second-order valence-electron chi connectivity index (χ2n) is 7.89. The lowest BCUT2D eigenvalue weighted by Crippen LogP contribution is -2.50. The number of amides is 2. The zero-order valence-corrected chi connectivity index (χ0v) is 18.1. The van der Waals surface area contributed by atoms with Gasteiger partial charge in [-0.25, -0.2) is 0 Å². The molecule has 2 aromatic carbocycles. The Bertz CT molecular complexity index is 932. The van der Waals surface area contributed by atoms with Gasteiger partial charge in [0, 0.05) is 49.0 Å². The van der Waals surface area contributed by atoms with Gasteiger partial charge < -0.3 is 24.6 Å². The summed E-state index contributed by atoms with van der Waals surface area (Å²) in [6, 6.07) is 13.0. The maximum Gasteiger partial charge on any atom is 0.255 e. The fraction of sp³-hybridized carbons (Fsp3) is 0.417. The molecule has 0 bridgehead atoms. The number of ether oxygens (including phenoxy) is 2. The lowest BCUT2D eigenvalue weighted by molar-refractivity contribution is -0.136. The maximum atomic E-state index is 12.6. The first-order valence-electron chi connectivity index (χ1n) is 10.9. The van der Waals surface area contributed by atoms with E-state index < -0.39 is 0 Å². The Balaban J connectivity index is 1.32. The molecule has 2 aliphatic rings. The van der Waals surface area contributed by atoms with Gasteiger partial charge in [0.25, 0.3) is 5.91 Å². The summed E-state index contributed by atoms with van der Waals surface area (Å²) in [5.74, 6) is 1.47. The number of nitrogens with zero attached hydrogens (tertiary/aromatic N) is 2. The highest BCUT2D eigenvalue weighted by molar-refractivity contribution is 6.04. The van der Waals surface area contributed by atoms with Gasteiger partial charge in [-0.3, -0.25) is 9.59 Å². The lowest BCUT2D eigenvalue weighted by atomic mass is 10.0. The van der Waals surface area contributed by atoms with Crippen LogP contribution in [0.1, 0.15) is 37.0 Å². The van der Waals surface area contributed by atoms with Crippen molar-refractivity contribution in [2.24, 2.45) is 5.92 Å². The van der Waals surface area contributed by atoms with Crippen LogP contribution in [0, 0.1) is 5.92 Å². The molecular formula is C24H29N3O4. The highest BCUT2D eigenvalue weighted by atomic mass is 16.7. The topological polar surface area (TPSA) is 71.1 Å². The van der Waals surface area contributed by atoms with Crippen LogP contribution in [0.25, 0.3) is 0 Å². The normalized spacial score (nSPS) is 15.3. The van der Waals surface area contributed by atoms with Crippen molar-refractivity contribution < 1.29 is 19.1 Å². The zero-order chi connectivity index (χ0) is 21.8. The number of piperazine rings is 1. The molecule has 4 rings (SSSR count). The Morgan fingerprint density at radius 3 is 2.29 bits per heavy atom. The Morgan fingerprint density at radius 2 is 1.61 bits per heavy atom. The number of carbonyl (C=O) groups is 2. The van der Waals surface area contributed by atoms with Crippen LogP contribution < -0.4 is 19.7 Å². The van der Waals surface area contributed by atoms with Crippen LogP contribution in [-0.2, 0) is 4.79 Å². The Kier molecular flexibility index (Phi) is 6.30. The van der Waals surface area contributed by atoms with Gasteiger partial charge in [0.2, 0.25) is 12.7 Å². The van der Waals surface area contributed by atoms with E-state index in [4.69, 9.17) is 9.47 Å². The SMILES string of the molecule is CCC(CC)C(=O)N1CCN(c2ccc(NC(=O)c3ccc4c(c3)OCO4)cc2)CC1. The van der Waals surface area contributed by atoms with Crippen LogP contribution in [0.2, 0.25) is 0 Å². The van der Waals surface area contributed by atoms with Gasteiger partial charge in [-0.05, 0) is 55.3 Å². The highest BCUT2D eigenvalue weighted by Gasteiger charge is 2.25. The van der Waals surface area contributed by atoms with Crippen molar-refractivity contribution >= 4 is 23.2 Å². The van der Waals surface area contributed by atoms with E-state index in [1.54, 1.807) is 18.2 Å². The van der Waals surface area contributed by atoms with E-state index in [0.717, 1.165) is 50.4 Å². The fourth-order valence-corrected chi connectivity index (χ4v) is 4.08. The van der Waals surface area contributed by atoms with E-state index in [1.165, 1.54) is 0 Å². The number of fused-ring (bicyclic) bond motifs is 1. The number of hydrogen-bond acceptors (Lipinski definition) is 5. The average molecular weight is 424 g/mol. The molecule has 2 aromatic rings. The second kappa shape index (κ2) is 9.29. The average Bonchev–Trinajstić information content (AvgIpc) is 3.28. The molecule has 2 amide bonds. The van der Waals surface area contributed by atoms with Crippen molar-refractivity contribution in [3.8, 4) is 11.5 Å². The molecule has 0 unspecified atom stereocenters. The van der Waals surface area contributed by atoms with Gasteiger partial charge in [-0.2, -0.15) is 0 Å². The molecule has 2 aliphatic heterocycles. The lowest BCUT2D eigenvalue weighted by Gasteiger charge is -2.37. The minimum absolute atomic E-state index is 0.138. The van der Waals surface area contributed by atoms with Crippen molar-refractivity contribution in [2.45, 2.75) is 26.7 Å². The van der Waals surface area contributed by atoms with E-state index in [9.17, 15) is 9.59 Å². The summed E-state index contributed by atoms with van der Waals surface area (Å²) in [5.41, 5.74) is 2.34. The number of anilines is 2. The summed E-state index contributed by atoms with van der Waals surface area (Å²) < 4.78 is 10.6. The third-order valence-corrected chi connectivity index (χ3v) is 6.05. The largest absolute Gasteiger partial charge is 0.454 e. The minimum atomic E-state index is -0.195. The maximum absolute atomic E-state index is 12.6. The van der Waals surface area contributed by atoms with Crippen LogP contribution in [0.15, 0.2) is 42.5 Å². The van der Waals surface area contributed by atoms with Gasteiger partial charge in [0.15, 0.2) is 11.5 Å². The second-order valence-corrected chi connectivity index (χ2v) is 7.89. The Morgan fingerprint density at radius 1 is 0.935 bits per heavy atom. The molecule has 2 heterocycles. The standard InChI is InChI=1S/C24H29N3O4/c1-3-17(4-2)24(29)27-13-11-26(12-14-27)20-8-6-19(7-9-20)25-23(28)18-5-10-21-22(15-18)31-16-30-21/h5-10,15,17H,3-4,11-14,16H2,1-2H3,(H,25,28). The van der Waals surface area contributed by atoms with Crippen molar-refractivity contribution in [1.82, 2.24) is 4.90 Å². The molecular weight excluding hydrogens is 394 g/mol. The highest BCUT2D eigenvalue weighted by Crippen LogP contribution is 2.32. The minimum Gasteiger partial charge on any atom is -0.454 e. The van der Waals surface area contributed by atoms with Crippen LogP contribution in [0.4, 0.5) is 11.4 Å². The zero-order valence-electron chi connectivity index (χ0n) is 18.1. The summed E-state index contributed by atoms with van der Waals surface area (Å²) in [6.07, 6.45) is 1.80. The van der Waals surface area contributed by atoms with Crippen LogP contribution >= 0.6 is 0 Å². The number of benzene rings is 2. The van der Waals surface area contributed by atoms with Gasteiger partial charge in [-0.15, -0.1) is 0 Å². The number of rotatable bonds is 6. The molecule has 0 radical (unpaired) electrons. The van der Waals surface area contributed by atoms with Crippen molar-refractivity contribution in [3.63, 3.8) is 0 Å². The summed E-state index contributed by atoms with van der Waals surface area (Å²) in [6.45, 7) is 7.46. The van der Waals surface area contributed by atoms with Crippen molar-refractivity contribution in [1.29, 1.82) is 0 Å². The summed E-state index contributed by atoms with van der Waals surface area (Å²) in [4.78, 5) is 29.4. The molecule has 0 atom stereocenters. The molecule has 0 saturated carbocycles. The molecule has 0 aliphatic carbocycles. The van der Waals surface area contributed by atoms with Crippen LogP contribution in [-0.4, -0.2) is 49.7 Å². The third-order valence-electron chi connectivity index (χ3n) is 6.05. The molecule has 164 valence electrons. The Hall–Kier alpha value is -3.22. The molecule has 1 N–H and O–H groups in total. The molecule has 7 nitrogen and oxygen atoms in total. The van der Waals surface area contributed by atoms with Gasteiger partial charge >= 0.3 is 0 Å². The van der Waals surface area contributed by atoms with Gasteiger partial charge in [-0.1, -0.05) is 13.8 Å². The molecule has 0 spiro atoms. The first-order chi connectivity index (χ1) is 15.1. The molecule has 1 saturated heterocycles. The molecule has 0 aromatic heterocycles. The van der Waals surface area contributed by atoms with E-state index in [-0.39, 0.29) is 24.5 Å². The molecule has 31 heavy (non-hydrogen) atoms. The summed E-state index contributed by atoms with van der Waals surface area (Å²) in [5, 5.41) is 2.92. The first-order valence-corrected chi connectivity index (χ1v) is 10.9. The number of nitrogens with one attached hydrogen (secondary N) is 1. The molecule has 7 heteroatoms. The van der Waals surface area contributed by atoms with E-state index in [2.05, 4.69) is 24.1 Å². The quantitative estimate of drug-likeness (QED) is 0.766. The van der Waals surface area contributed by atoms with Crippen molar-refractivity contribution in [3.05, 3.63) is 48.0 Å². The number of carbonyl (C=O) groups excluding carboxylic acids is 2. The predicted molar refractivity (Wildman–Crippen MR) is 120 cm³/mol. The van der Waals surface area contributed by atoms with E-state index >= 15 is 0 Å². The van der Waals surface area contributed by atoms with E-state index in [1.807, 2.05) is 29.2 Å². The van der Waals surface area contributed by atoms with Gasteiger partial charge in [0.1, 0.15) is 0 Å². The van der Waals surface area contributed by atoms with Gasteiger partial charge in [0.05, 0.1) is 0 Å². The summed E-state index contributed by atoms with van der Waals surface area (Å²) in [7, 11) is 0. The predicted octanol–water partition coefficient (Wildman–Crippen LogP) is 3.75. The Labute approximate surface area is 182 Å². The molecule has 1 fully saturated rings. The third kappa shape index (κ3) is 4.60. The fourth-order valence-electron chi connectivity index (χ4n) is 4.08. The van der Waals surface area contributed by atoms with Crippen LogP contribution in [0.5, 0.6) is 11.5 Å². The van der Waals surface area contributed by atoms with Crippen molar-refractivity contribution in [2.75, 3.05) is 43.2 Å². The monoisotopic (exact) mass is 423 g/mol. The smallest absolute Gasteiger partial charge is 0.255 e. The van der Waals surface area contributed by atoms with Crippen LogP contribution in [0.3, 0.4) is 0 Å². The first kappa shape index (κ1) is 21.0. The summed E-state index contributed by atoms with van der Waals surface area (Å²) >= 11 is 0. The van der Waals surface area contributed by atoms with E-state index in [0.29, 0.717) is 17.1 Å². The number of hydrogen-bond donors (Lipinski definition) is 1.